The van der Waals surface area contributed by atoms with Gasteiger partial charge in [-0.05, 0) is 43.5 Å². The van der Waals surface area contributed by atoms with Gasteiger partial charge in [0.2, 0.25) is 5.89 Å². The topological polar surface area (TPSA) is 87.4 Å². The summed E-state index contributed by atoms with van der Waals surface area (Å²) in [5.74, 6) is 0.540. The molecule has 6 heteroatoms. The molecular weight excluding hydrogens is 270 g/mol. The first-order valence-corrected chi connectivity index (χ1v) is 6.92. The van der Waals surface area contributed by atoms with Crippen molar-refractivity contribution < 1.29 is 14.3 Å². The van der Waals surface area contributed by atoms with Crippen LogP contribution in [0.1, 0.15) is 19.3 Å². The lowest BCUT2D eigenvalue weighted by Gasteiger charge is -2.36. The highest BCUT2D eigenvalue weighted by molar-refractivity contribution is 5.89. The van der Waals surface area contributed by atoms with Crippen LogP contribution in [0.3, 0.4) is 0 Å². The number of anilines is 1. The van der Waals surface area contributed by atoms with Crippen LogP contribution in [0.4, 0.5) is 10.5 Å². The number of aliphatic hydroxyl groups is 1. The molecule has 0 saturated heterocycles. The van der Waals surface area contributed by atoms with Crippen LogP contribution in [0.5, 0.6) is 0 Å². The number of amides is 2. The van der Waals surface area contributed by atoms with E-state index < -0.39 is 5.60 Å². The van der Waals surface area contributed by atoms with Crippen molar-refractivity contribution in [2.24, 2.45) is 0 Å². The lowest BCUT2D eigenvalue weighted by atomic mass is 9.80. The normalized spacial score (nSPS) is 16.0. The average molecular weight is 287 g/mol. The molecule has 0 radical (unpaired) electrons. The SMILES string of the molecule is O=C(NCC1(O)CCC1)Nc1ccc(-c2ncco2)cc1. The highest BCUT2D eigenvalue weighted by atomic mass is 16.3. The Hall–Kier alpha value is -2.34. The fourth-order valence-electron chi connectivity index (χ4n) is 2.24. The molecule has 1 aliphatic carbocycles. The Kier molecular flexibility index (Phi) is 3.62. The Labute approximate surface area is 122 Å². The van der Waals surface area contributed by atoms with Crippen LogP contribution >= 0.6 is 0 Å². The molecule has 0 aliphatic heterocycles. The molecule has 1 fully saturated rings. The second kappa shape index (κ2) is 5.57. The van der Waals surface area contributed by atoms with Crippen molar-refractivity contribution in [3.63, 3.8) is 0 Å². The van der Waals surface area contributed by atoms with Crippen LogP contribution < -0.4 is 10.6 Å². The Morgan fingerprint density at radius 1 is 1.33 bits per heavy atom. The summed E-state index contributed by atoms with van der Waals surface area (Å²) in [7, 11) is 0. The van der Waals surface area contributed by atoms with Crippen LogP contribution in [0.25, 0.3) is 11.5 Å². The summed E-state index contributed by atoms with van der Waals surface area (Å²) in [5.41, 5.74) is 0.796. The molecule has 21 heavy (non-hydrogen) atoms. The third-order valence-electron chi connectivity index (χ3n) is 3.68. The number of nitrogens with one attached hydrogen (secondary N) is 2. The summed E-state index contributed by atoms with van der Waals surface area (Å²) >= 11 is 0. The Balaban J connectivity index is 1.54. The summed E-state index contributed by atoms with van der Waals surface area (Å²) in [6.45, 7) is 0.285. The van der Waals surface area contributed by atoms with Crippen LogP contribution in [0.15, 0.2) is 41.1 Å². The maximum Gasteiger partial charge on any atom is 0.319 e. The van der Waals surface area contributed by atoms with Gasteiger partial charge >= 0.3 is 6.03 Å². The Morgan fingerprint density at radius 3 is 2.67 bits per heavy atom. The van der Waals surface area contributed by atoms with E-state index in [-0.39, 0.29) is 12.6 Å². The van der Waals surface area contributed by atoms with Crippen LogP contribution in [-0.4, -0.2) is 28.3 Å². The van der Waals surface area contributed by atoms with Gasteiger partial charge in [-0.2, -0.15) is 0 Å². The summed E-state index contributed by atoms with van der Waals surface area (Å²) in [6.07, 6.45) is 5.61. The molecule has 1 aromatic carbocycles. The summed E-state index contributed by atoms with van der Waals surface area (Å²) in [5, 5.41) is 15.3. The van der Waals surface area contributed by atoms with Gasteiger partial charge in [0.15, 0.2) is 0 Å². The number of hydrogen-bond donors (Lipinski definition) is 3. The largest absolute Gasteiger partial charge is 0.445 e. The zero-order chi connectivity index (χ0) is 14.7. The molecule has 2 amide bonds. The number of benzene rings is 1. The third kappa shape index (κ3) is 3.22. The smallest absolute Gasteiger partial charge is 0.319 e. The van der Waals surface area contributed by atoms with Crippen molar-refractivity contribution in [3.05, 3.63) is 36.7 Å². The van der Waals surface area contributed by atoms with E-state index in [1.807, 2.05) is 12.1 Å². The molecule has 6 nitrogen and oxygen atoms in total. The molecule has 1 aromatic heterocycles. The number of oxazole rings is 1. The highest BCUT2D eigenvalue weighted by Gasteiger charge is 2.34. The van der Waals surface area contributed by atoms with Crippen molar-refractivity contribution in [2.75, 3.05) is 11.9 Å². The molecule has 2 aromatic rings. The number of rotatable bonds is 4. The molecule has 110 valence electrons. The average Bonchev–Trinajstić information content (AvgIpc) is 2.98. The molecule has 0 spiro atoms. The maximum absolute atomic E-state index is 11.7. The minimum atomic E-state index is -0.716. The first-order chi connectivity index (χ1) is 10.1. The molecule has 3 N–H and O–H groups in total. The Morgan fingerprint density at radius 2 is 2.10 bits per heavy atom. The van der Waals surface area contributed by atoms with E-state index in [0.29, 0.717) is 11.6 Å². The van der Waals surface area contributed by atoms with Crippen molar-refractivity contribution in [2.45, 2.75) is 24.9 Å². The predicted molar refractivity (Wildman–Crippen MR) is 77.8 cm³/mol. The summed E-state index contributed by atoms with van der Waals surface area (Å²) in [6, 6.07) is 6.87. The van der Waals surface area contributed by atoms with Gasteiger partial charge in [-0.1, -0.05) is 0 Å². The summed E-state index contributed by atoms with van der Waals surface area (Å²) < 4.78 is 5.20. The quantitative estimate of drug-likeness (QED) is 0.805. The molecule has 1 aliphatic rings. The van der Waals surface area contributed by atoms with Gasteiger partial charge in [-0.25, -0.2) is 9.78 Å². The van der Waals surface area contributed by atoms with E-state index in [0.717, 1.165) is 24.8 Å². The van der Waals surface area contributed by atoms with E-state index in [2.05, 4.69) is 15.6 Å². The first kappa shape index (κ1) is 13.6. The fourth-order valence-corrected chi connectivity index (χ4v) is 2.24. The number of carbonyl (C=O) groups excluding carboxylic acids is 1. The van der Waals surface area contributed by atoms with Crippen LogP contribution in [0, 0.1) is 0 Å². The van der Waals surface area contributed by atoms with Crippen molar-refractivity contribution in [1.29, 1.82) is 0 Å². The van der Waals surface area contributed by atoms with E-state index in [1.165, 1.54) is 6.26 Å². The standard InChI is InChI=1S/C15H17N3O3/c19-14(17-10-15(20)6-1-7-15)18-12-4-2-11(3-5-12)13-16-8-9-21-13/h2-5,8-9,20H,1,6-7,10H2,(H2,17,18,19). The monoisotopic (exact) mass is 287 g/mol. The van der Waals surface area contributed by atoms with Crippen molar-refractivity contribution in [1.82, 2.24) is 10.3 Å². The second-order valence-corrected chi connectivity index (χ2v) is 5.30. The van der Waals surface area contributed by atoms with Gasteiger partial charge in [0.25, 0.3) is 0 Å². The number of urea groups is 1. The molecule has 0 bridgehead atoms. The van der Waals surface area contributed by atoms with Crippen LogP contribution in [0.2, 0.25) is 0 Å². The van der Waals surface area contributed by atoms with Gasteiger partial charge < -0.3 is 20.2 Å². The van der Waals surface area contributed by atoms with Gasteiger partial charge in [-0.3, -0.25) is 0 Å². The number of carbonyl (C=O) groups is 1. The minimum Gasteiger partial charge on any atom is -0.445 e. The molecule has 1 heterocycles. The lowest BCUT2D eigenvalue weighted by molar-refractivity contribution is -0.0287. The first-order valence-electron chi connectivity index (χ1n) is 6.92. The molecule has 1 saturated carbocycles. The van der Waals surface area contributed by atoms with E-state index in [4.69, 9.17) is 4.42 Å². The zero-order valence-corrected chi connectivity index (χ0v) is 11.5. The van der Waals surface area contributed by atoms with Gasteiger partial charge in [0, 0.05) is 17.8 Å². The van der Waals surface area contributed by atoms with Gasteiger partial charge in [0.1, 0.15) is 6.26 Å². The van der Waals surface area contributed by atoms with E-state index in [1.54, 1.807) is 18.3 Å². The molecule has 0 atom stereocenters. The highest BCUT2D eigenvalue weighted by Crippen LogP contribution is 2.30. The maximum atomic E-state index is 11.7. The predicted octanol–water partition coefficient (Wildman–Crippen LogP) is 2.38. The van der Waals surface area contributed by atoms with E-state index >= 15 is 0 Å². The lowest BCUT2D eigenvalue weighted by Crippen LogP contribution is -2.48. The van der Waals surface area contributed by atoms with Crippen molar-refractivity contribution >= 4 is 11.7 Å². The minimum absolute atomic E-state index is 0.285. The number of aromatic nitrogens is 1. The van der Waals surface area contributed by atoms with E-state index in [9.17, 15) is 9.90 Å². The molecule has 0 unspecified atom stereocenters. The molecule has 3 rings (SSSR count). The van der Waals surface area contributed by atoms with Crippen molar-refractivity contribution in [3.8, 4) is 11.5 Å². The molecular formula is C15H17N3O3. The summed E-state index contributed by atoms with van der Waals surface area (Å²) in [4.78, 5) is 15.8. The van der Waals surface area contributed by atoms with Crippen LogP contribution in [-0.2, 0) is 0 Å². The second-order valence-electron chi connectivity index (χ2n) is 5.30. The number of nitrogens with zero attached hydrogens (tertiary/aromatic N) is 1. The number of hydrogen-bond acceptors (Lipinski definition) is 4. The zero-order valence-electron chi connectivity index (χ0n) is 11.5. The fraction of sp³-hybridized carbons (Fsp3) is 0.333. The van der Waals surface area contributed by atoms with Gasteiger partial charge in [0.05, 0.1) is 11.8 Å². The third-order valence-corrected chi connectivity index (χ3v) is 3.68. The van der Waals surface area contributed by atoms with Gasteiger partial charge in [-0.15, -0.1) is 0 Å². The Bertz CT molecular complexity index is 604.